The van der Waals surface area contributed by atoms with E-state index in [1.54, 1.807) is 12.1 Å². The molecular weight excluding hydrogens is 426 g/mol. The molecule has 1 aliphatic carbocycles. The molecule has 3 N–H and O–H groups in total. The van der Waals surface area contributed by atoms with Crippen molar-refractivity contribution in [2.75, 3.05) is 11.0 Å². The fourth-order valence-corrected chi connectivity index (χ4v) is 4.59. The van der Waals surface area contributed by atoms with Crippen molar-refractivity contribution >= 4 is 15.7 Å². The fourth-order valence-electron chi connectivity index (χ4n) is 4.02. The van der Waals surface area contributed by atoms with Crippen LogP contribution >= 0.6 is 0 Å². The molecule has 1 fully saturated rings. The number of benzene rings is 2. The van der Waals surface area contributed by atoms with Crippen molar-refractivity contribution in [3.63, 3.8) is 0 Å². The summed E-state index contributed by atoms with van der Waals surface area (Å²) in [7, 11) is -3.30. The third kappa shape index (κ3) is 4.85. The Morgan fingerprint density at radius 2 is 1.62 bits per heavy atom. The van der Waals surface area contributed by atoms with E-state index in [1.165, 1.54) is 6.20 Å². The summed E-state index contributed by atoms with van der Waals surface area (Å²) in [5.41, 5.74) is 4.14. The highest BCUT2D eigenvalue weighted by Crippen LogP contribution is 2.55. The minimum Gasteiger partial charge on any atom is -0.313 e. The van der Waals surface area contributed by atoms with Gasteiger partial charge >= 0.3 is 5.69 Å². The molecule has 0 saturated heterocycles. The van der Waals surface area contributed by atoms with Gasteiger partial charge in [0.2, 0.25) is 10.0 Å². The molecule has 0 aliphatic heterocycles. The zero-order valence-corrected chi connectivity index (χ0v) is 19.3. The number of hydrogen-bond acceptors (Lipinski definition) is 4. The van der Waals surface area contributed by atoms with Gasteiger partial charge in [0, 0.05) is 11.9 Å². The highest BCUT2D eigenvalue weighted by molar-refractivity contribution is 7.92. The van der Waals surface area contributed by atoms with Crippen LogP contribution in [0.4, 0.5) is 5.69 Å². The summed E-state index contributed by atoms with van der Waals surface area (Å²) in [5, 5.41) is 0. The van der Waals surface area contributed by atoms with Gasteiger partial charge in [-0.25, -0.2) is 13.2 Å². The minimum atomic E-state index is -3.30. The van der Waals surface area contributed by atoms with Gasteiger partial charge in [-0.2, -0.15) is 0 Å². The van der Waals surface area contributed by atoms with Gasteiger partial charge in [-0.1, -0.05) is 51.1 Å². The Labute approximate surface area is 187 Å². The largest absolute Gasteiger partial charge is 0.325 e. The standard InChI is InChI=1S/C24H27N3O4S/c1-24(2,3)17-10-15(9-16(11-17)21-13-25-23(29)26-22(21)28)20-12-19(20)14-5-7-18(8-6-14)27-32(4,30)31/h5-11,13,19-20,27H,12H2,1-4H3,(H2,25,26,28,29). The number of anilines is 1. The summed E-state index contributed by atoms with van der Waals surface area (Å²) < 4.78 is 25.3. The van der Waals surface area contributed by atoms with Crippen LogP contribution in [0.5, 0.6) is 0 Å². The lowest BCUT2D eigenvalue weighted by molar-refractivity contribution is 0.589. The molecule has 0 bridgehead atoms. The second-order valence-electron chi connectivity index (χ2n) is 9.52. The maximum atomic E-state index is 12.4. The van der Waals surface area contributed by atoms with E-state index in [0.717, 1.165) is 34.9 Å². The molecule has 1 saturated carbocycles. The molecule has 2 atom stereocenters. The number of hydrogen-bond donors (Lipinski definition) is 3. The van der Waals surface area contributed by atoms with Crippen LogP contribution in [-0.4, -0.2) is 24.6 Å². The van der Waals surface area contributed by atoms with Crippen LogP contribution in [0.15, 0.2) is 58.3 Å². The Balaban J connectivity index is 1.67. The number of rotatable bonds is 5. The van der Waals surface area contributed by atoms with Crippen molar-refractivity contribution in [2.24, 2.45) is 0 Å². The van der Waals surface area contributed by atoms with Gasteiger partial charge in [-0.15, -0.1) is 0 Å². The van der Waals surface area contributed by atoms with Crippen LogP contribution in [0.25, 0.3) is 11.1 Å². The third-order valence-corrected chi connectivity index (χ3v) is 6.42. The van der Waals surface area contributed by atoms with E-state index in [4.69, 9.17) is 0 Å². The average molecular weight is 454 g/mol. The Morgan fingerprint density at radius 1 is 0.969 bits per heavy atom. The highest BCUT2D eigenvalue weighted by atomic mass is 32.2. The molecule has 2 aromatic carbocycles. The van der Waals surface area contributed by atoms with Crippen LogP contribution in [0, 0.1) is 0 Å². The number of aromatic nitrogens is 2. The number of aromatic amines is 2. The first kappa shape index (κ1) is 22.1. The Morgan fingerprint density at radius 3 is 2.22 bits per heavy atom. The predicted molar refractivity (Wildman–Crippen MR) is 127 cm³/mol. The van der Waals surface area contributed by atoms with E-state index in [1.807, 2.05) is 24.3 Å². The van der Waals surface area contributed by atoms with Gasteiger partial charge in [0.25, 0.3) is 5.56 Å². The van der Waals surface area contributed by atoms with Gasteiger partial charge in [-0.3, -0.25) is 14.5 Å². The van der Waals surface area contributed by atoms with Crippen LogP contribution in [0.1, 0.15) is 55.7 Å². The molecule has 1 aliphatic rings. The average Bonchev–Trinajstić information content (AvgIpc) is 3.47. The monoisotopic (exact) mass is 453 g/mol. The van der Waals surface area contributed by atoms with Crippen LogP contribution in [-0.2, 0) is 15.4 Å². The molecule has 1 aromatic heterocycles. The van der Waals surface area contributed by atoms with Crippen molar-refractivity contribution in [1.29, 1.82) is 0 Å². The first-order valence-electron chi connectivity index (χ1n) is 10.5. The topological polar surface area (TPSA) is 112 Å². The van der Waals surface area contributed by atoms with Crippen molar-refractivity contribution < 1.29 is 8.42 Å². The molecule has 168 valence electrons. The second kappa shape index (κ2) is 7.78. The fraction of sp³-hybridized carbons (Fsp3) is 0.333. The Kier molecular flexibility index (Phi) is 5.36. The highest BCUT2D eigenvalue weighted by Gasteiger charge is 2.40. The smallest absolute Gasteiger partial charge is 0.313 e. The Bertz CT molecular complexity index is 1380. The zero-order chi connectivity index (χ0) is 23.3. The molecule has 0 radical (unpaired) electrons. The molecule has 2 unspecified atom stereocenters. The molecule has 0 amide bonds. The van der Waals surface area contributed by atoms with Gasteiger partial charge in [0.1, 0.15) is 0 Å². The van der Waals surface area contributed by atoms with E-state index in [0.29, 0.717) is 23.1 Å². The number of sulfonamides is 1. The molecule has 1 heterocycles. The zero-order valence-electron chi connectivity index (χ0n) is 18.5. The van der Waals surface area contributed by atoms with Crippen molar-refractivity contribution in [3.8, 4) is 11.1 Å². The third-order valence-electron chi connectivity index (χ3n) is 5.81. The minimum absolute atomic E-state index is 0.108. The Hall–Kier alpha value is -3.13. The van der Waals surface area contributed by atoms with E-state index >= 15 is 0 Å². The van der Waals surface area contributed by atoms with E-state index in [2.05, 4.69) is 41.5 Å². The number of nitrogens with one attached hydrogen (secondary N) is 3. The van der Waals surface area contributed by atoms with Crippen molar-refractivity contribution in [3.05, 3.63) is 86.2 Å². The predicted octanol–water partition coefficient (Wildman–Crippen LogP) is 3.67. The quantitative estimate of drug-likeness (QED) is 0.547. The van der Waals surface area contributed by atoms with Crippen LogP contribution in [0.3, 0.4) is 0 Å². The molecule has 8 heteroatoms. The van der Waals surface area contributed by atoms with Crippen molar-refractivity contribution in [2.45, 2.75) is 44.4 Å². The summed E-state index contributed by atoms with van der Waals surface area (Å²) in [4.78, 5) is 28.7. The van der Waals surface area contributed by atoms with E-state index in [9.17, 15) is 18.0 Å². The normalized spacial score (nSPS) is 18.4. The lowest BCUT2D eigenvalue weighted by Crippen LogP contribution is -2.22. The van der Waals surface area contributed by atoms with E-state index < -0.39 is 21.3 Å². The summed E-state index contributed by atoms with van der Waals surface area (Å²) in [6.07, 6.45) is 3.57. The van der Waals surface area contributed by atoms with Gasteiger partial charge < -0.3 is 4.98 Å². The molecule has 32 heavy (non-hydrogen) atoms. The molecule has 3 aromatic rings. The first-order chi connectivity index (χ1) is 14.9. The molecule has 4 rings (SSSR count). The van der Waals surface area contributed by atoms with Gasteiger partial charge in [0.15, 0.2) is 0 Å². The van der Waals surface area contributed by atoms with E-state index in [-0.39, 0.29) is 5.41 Å². The first-order valence-corrected chi connectivity index (χ1v) is 12.4. The number of H-pyrrole nitrogens is 2. The molecule has 7 nitrogen and oxygen atoms in total. The maximum Gasteiger partial charge on any atom is 0.325 e. The molecule has 0 spiro atoms. The SMILES string of the molecule is CC(C)(C)c1cc(-c2c[nH]c(=O)[nH]c2=O)cc(C2CC2c2ccc(NS(C)(=O)=O)cc2)c1. The lowest BCUT2D eigenvalue weighted by atomic mass is 9.83. The van der Waals surface area contributed by atoms with Crippen molar-refractivity contribution in [1.82, 2.24) is 9.97 Å². The van der Waals surface area contributed by atoms with Crippen LogP contribution < -0.4 is 16.0 Å². The summed E-state index contributed by atoms with van der Waals surface area (Å²) in [6, 6.07) is 13.7. The lowest BCUT2D eigenvalue weighted by Gasteiger charge is -2.21. The maximum absolute atomic E-state index is 12.4. The second-order valence-corrected chi connectivity index (χ2v) is 11.3. The summed E-state index contributed by atoms with van der Waals surface area (Å²) in [6.45, 7) is 6.39. The summed E-state index contributed by atoms with van der Waals surface area (Å²) in [5.74, 6) is 0.644. The van der Waals surface area contributed by atoms with Crippen LogP contribution in [0.2, 0.25) is 0 Å². The van der Waals surface area contributed by atoms with Gasteiger partial charge in [0.05, 0.1) is 11.8 Å². The molecular formula is C24H27N3O4S. The summed E-state index contributed by atoms with van der Waals surface area (Å²) >= 11 is 0. The van der Waals surface area contributed by atoms with Gasteiger partial charge in [-0.05, 0) is 58.1 Å².